The van der Waals surface area contributed by atoms with Gasteiger partial charge in [-0.15, -0.1) is 11.3 Å². The fraction of sp³-hybridized carbons (Fsp3) is 0.583. The van der Waals surface area contributed by atoms with E-state index in [0.717, 1.165) is 3.79 Å². The Kier molecular flexibility index (Phi) is 6.18. The minimum Gasteiger partial charge on any atom is -0.468 e. The van der Waals surface area contributed by atoms with Gasteiger partial charge < -0.3 is 4.74 Å². The molecule has 0 aromatic carbocycles. The number of esters is 1. The minimum absolute atomic E-state index is 0.153. The maximum atomic E-state index is 12.4. The molecule has 0 saturated heterocycles. The van der Waals surface area contributed by atoms with Gasteiger partial charge in [0.15, 0.2) is 0 Å². The van der Waals surface area contributed by atoms with E-state index in [1.165, 1.54) is 24.5 Å². The molecule has 0 aliphatic rings. The fourth-order valence-corrected chi connectivity index (χ4v) is 5.40. The standard InChI is InChI=1S/C12H18BrNO4S2/c1-5-7(2)11(12(15)18-4)14-20(16,17)9-6-10(13)19-8(9)3/h6-7,11,14H,5H2,1-4H3. The predicted molar refractivity (Wildman–Crippen MR) is 82.3 cm³/mol. The number of methoxy groups -OCH3 is 1. The molecule has 1 aromatic heterocycles. The lowest BCUT2D eigenvalue weighted by atomic mass is 10.0. The number of carbonyl (C=O) groups excluding carboxylic acids is 1. The van der Waals surface area contributed by atoms with Crippen LogP contribution in [0.4, 0.5) is 0 Å². The molecule has 1 N–H and O–H groups in total. The molecule has 0 saturated carbocycles. The van der Waals surface area contributed by atoms with E-state index in [0.29, 0.717) is 11.3 Å². The van der Waals surface area contributed by atoms with E-state index in [4.69, 9.17) is 0 Å². The van der Waals surface area contributed by atoms with Gasteiger partial charge in [-0.25, -0.2) is 8.42 Å². The van der Waals surface area contributed by atoms with Crippen molar-refractivity contribution in [1.29, 1.82) is 0 Å². The van der Waals surface area contributed by atoms with Crippen LogP contribution in [0.15, 0.2) is 14.7 Å². The van der Waals surface area contributed by atoms with Crippen LogP contribution in [0, 0.1) is 12.8 Å². The van der Waals surface area contributed by atoms with E-state index in [2.05, 4.69) is 25.4 Å². The third kappa shape index (κ3) is 4.03. The van der Waals surface area contributed by atoms with Gasteiger partial charge in [0.1, 0.15) is 6.04 Å². The smallest absolute Gasteiger partial charge is 0.324 e. The maximum absolute atomic E-state index is 12.4. The molecule has 0 aliphatic carbocycles. The Morgan fingerprint density at radius 1 is 1.55 bits per heavy atom. The number of hydrogen-bond acceptors (Lipinski definition) is 5. The molecule has 114 valence electrons. The van der Waals surface area contributed by atoms with Gasteiger partial charge in [-0.05, 0) is 34.8 Å². The summed E-state index contributed by atoms with van der Waals surface area (Å²) < 4.78 is 32.6. The summed E-state index contributed by atoms with van der Waals surface area (Å²) in [5.41, 5.74) is 0. The Bertz CT molecular complexity index is 582. The third-order valence-corrected chi connectivity index (χ3v) is 6.33. The summed E-state index contributed by atoms with van der Waals surface area (Å²) in [6.45, 7) is 5.42. The SMILES string of the molecule is CCC(C)C(NS(=O)(=O)c1cc(Br)sc1C)C(=O)OC. The highest BCUT2D eigenvalue weighted by Gasteiger charge is 2.31. The van der Waals surface area contributed by atoms with Crippen LogP contribution in [-0.2, 0) is 19.6 Å². The van der Waals surface area contributed by atoms with Crippen LogP contribution >= 0.6 is 27.3 Å². The van der Waals surface area contributed by atoms with Gasteiger partial charge in [0, 0.05) is 4.88 Å². The van der Waals surface area contributed by atoms with Gasteiger partial charge in [-0.2, -0.15) is 4.72 Å². The van der Waals surface area contributed by atoms with Crippen molar-refractivity contribution in [2.45, 2.75) is 38.1 Å². The first kappa shape index (κ1) is 17.6. The normalized spacial score (nSPS) is 14.8. The Hall–Kier alpha value is -0.440. The second-order valence-electron chi connectivity index (χ2n) is 4.48. The first-order valence-corrected chi connectivity index (χ1v) is 9.18. The quantitative estimate of drug-likeness (QED) is 0.766. The van der Waals surface area contributed by atoms with Crippen molar-refractivity contribution in [2.24, 2.45) is 5.92 Å². The molecule has 2 atom stereocenters. The van der Waals surface area contributed by atoms with Gasteiger partial charge in [0.05, 0.1) is 15.8 Å². The number of aryl methyl sites for hydroxylation is 1. The molecule has 20 heavy (non-hydrogen) atoms. The molecule has 5 nitrogen and oxygen atoms in total. The number of thiophene rings is 1. The first-order chi connectivity index (χ1) is 9.22. The highest BCUT2D eigenvalue weighted by Crippen LogP contribution is 2.30. The molecule has 2 unspecified atom stereocenters. The lowest BCUT2D eigenvalue weighted by Gasteiger charge is -2.21. The van der Waals surface area contributed by atoms with Crippen LogP contribution in [0.3, 0.4) is 0 Å². The Morgan fingerprint density at radius 2 is 2.15 bits per heavy atom. The summed E-state index contributed by atoms with van der Waals surface area (Å²) >= 11 is 4.59. The van der Waals surface area contributed by atoms with Crippen LogP contribution in [-0.4, -0.2) is 27.5 Å². The predicted octanol–water partition coefficient (Wildman–Crippen LogP) is 2.69. The van der Waals surface area contributed by atoms with Gasteiger partial charge in [0.2, 0.25) is 10.0 Å². The van der Waals surface area contributed by atoms with Crippen LogP contribution < -0.4 is 4.72 Å². The van der Waals surface area contributed by atoms with Gasteiger partial charge in [0.25, 0.3) is 0 Å². The zero-order valence-electron chi connectivity index (χ0n) is 11.8. The third-order valence-electron chi connectivity index (χ3n) is 3.08. The molecule has 0 bridgehead atoms. The molecule has 0 radical (unpaired) electrons. The van der Waals surface area contributed by atoms with Crippen LogP contribution in [0.25, 0.3) is 0 Å². The molecule has 0 fully saturated rings. The summed E-state index contributed by atoms with van der Waals surface area (Å²) in [7, 11) is -2.50. The number of rotatable bonds is 6. The number of sulfonamides is 1. The van der Waals surface area contributed by atoms with Crippen molar-refractivity contribution in [3.63, 3.8) is 0 Å². The van der Waals surface area contributed by atoms with Gasteiger partial charge in [-0.1, -0.05) is 20.3 Å². The largest absolute Gasteiger partial charge is 0.468 e. The van der Waals surface area contributed by atoms with Crippen molar-refractivity contribution in [3.05, 3.63) is 14.7 Å². The molecule has 0 spiro atoms. The second-order valence-corrected chi connectivity index (χ2v) is 8.80. The molecule has 8 heteroatoms. The van der Waals surface area contributed by atoms with E-state index >= 15 is 0 Å². The molecule has 0 aliphatic heterocycles. The maximum Gasteiger partial charge on any atom is 0.324 e. The topological polar surface area (TPSA) is 72.5 Å². The van der Waals surface area contributed by atoms with Crippen molar-refractivity contribution in [3.8, 4) is 0 Å². The van der Waals surface area contributed by atoms with Crippen LogP contribution in [0.1, 0.15) is 25.1 Å². The van der Waals surface area contributed by atoms with Crippen LogP contribution in [0.5, 0.6) is 0 Å². The minimum atomic E-state index is -3.75. The van der Waals surface area contributed by atoms with Gasteiger partial charge >= 0.3 is 5.97 Å². The van der Waals surface area contributed by atoms with E-state index in [1.807, 2.05) is 6.92 Å². The Balaban J connectivity index is 3.09. The summed E-state index contributed by atoms with van der Waals surface area (Å²) in [5.74, 6) is -0.727. The molecule has 1 aromatic rings. The molecule has 1 heterocycles. The van der Waals surface area contributed by atoms with Crippen LogP contribution in [0.2, 0.25) is 0 Å². The van der Waals surface area contributed by atoms with Gasteiger partial charge in [-0.3, -0.25) is 4.79 Å². The zero-order chi connectivity index (χ0) is 15.5. The van der Waals surface area contributed by atoms with E-state index in [-0.39, 0.29) is 10.8 Å². The number of nitrogens with one attached hydrogen (secondary N) is 1. The average molecular weight is 384 g/mol. The average Bonchev–Trinajstić information content (AvgIpc) is 2.74. The lowest BCUT2D eigenvalue weighted by Crippen LogP contribution is -2.45. The number of halogens is 1. The Labute approximate surface area is 131 Å². The van der Waals surface area contributed by atoms with Crippen molar-refractivity contribution in [1.82, 2.24) is 4.72 Å². The zero-order valence-corrected chi connectivity index (χ0v) is 15.0. The van der Waals surface area contributed by atoms with Crippen molar-refractivity contribution < 1.29 is 17.9 Å². The van der Waals surface area contributed by atoms with E-state index in [1.54, 1.807) is 13.8 Å². The highest BCUT2D eigenvalue weighted by molar-refractivity contribution is 9.11. The van der Waals surface area contributed by atoms with Crippen molar-refractivity contribution >= 4 is 43.3 Å². The first-order valence-electron chi connectivity index (χ1n) is 6.09. The number of ether oxygens (including phenoxy) is 1. The second kappa shape index (κ2) is 7.02. The number of hydrogen-bond donors (Lipinski definition) is 1. The van der Waals surface area contributed by atoms with Crippen molar-refractivity contribution in [2.75, 3.05) is 7.11 Å². The summed E-state index contributed by atoms with van der Waals surface area (Å²) in [4.78, 5) is 12.6. The summed E-state index contributed by atoms with van der Waals surface area (Å²) in [6.07, 6.45) is 0.661. The Morgan fingerprint density at radius 3 is 2.55 bits per heavy atom. The lowest BCUT2D eigenvalue weighted by molar-refractivity contribution is -0.143. The summed E-state index contributed by atoms with van der Waals surface area (Å²) in [6, 6.07) is 0.654. The van der Waals surface area contributed by atoms with E-state index < -0.39 is 22.0 Å². The number of carbonyl (C=O) groups is 1. The molecule has 0 amide bonds. The monoisotopic (exact) mass is 383 g/mol. The summed E-state index contributed by atoms with van der Waals surface area (Å²) in [5, 5.41) is 0. The fourth-order valence-electron chi connectivity index (χ4n) is 1.69. The molecular formula is C12H18BrNO4S2. The molecule has 1 rings (SSSR count). The molecular weight excluding hydrogens is 366 g/mol. The highest BCUT2D eigenvalue weighted by atomic mass is 79.9. The van der Waals surface area contributed by atoms with E-state index in [9.17, 15) is 13.2 Å².